The molecule has 1 aromatic heterocycles. The minimum atomic E-state index is -1.14. The molecule has 0 aliphatic carbocycles. The first-order valence-corrected chi connectivity index (χ1v) is 5.66. The van der Waals surface area contributed by atoms with Crippen molar-refractivity contribution < 1.29 is 19.7 Å². The maximum Gasteiger partial charge on any atom is 0.356 e. The third-order valence-electron chi connectivity index (χ3n) is 2.65. The number of phenols is 1. The largest absolute Gasteiger partial charge is 0.506 e. The first-order valence-electron chi connectivity index (χ1n) is 5.28. The Morgan fingerprint density at radius 3 is 2.63 bits per heavy atom. The van der Waals surface area contributed by atoms with E-state index in [1.165, 1.54) is 23.9 Å². The van der Waals surface area contributed by atoms with Gasteiger partial charge in [-0.1, -0.05) is 11.6 Å². The Balaban J connectivity index is 2.64. The molecule has 6 nitrogen and oxygen atoms in total. The van der Waals surface area contributed by atoms with Gasteiger partial charge in [-0.25, -0.2) is 4.79 Å². The van der Waals surface area contributed by atoms with Crippen molar-refractivity contribution in [1.82, 2.24) is 9.78 Å². The molecule has 0 unspecified atom stereocenters. The van der Waals surface area contributed by atoms with Crippen molar-refractivity contribution in [2.75, 3.05) is 7.11 Å². The van der Waals surface area contributed by atoms with Gasteiger partial charge >= 0.3 is 5.97 Å². The fraction of sp³-hybridized carbons (Fsp3) is 0.167. The maximum absolute atomic E-state index is 10.9. The molecule has 100 valence electrons. The summed E-state index contributed by atoms with van der Waals surface area (Å²) in [6.07, 6.45) is 0. The number of carbonyl (C=O) groups is 1. The summed E-state index contributed by atoms with van der Waals surface area (Å²) in [6, 6.07) is 4.38. The van der Waals surface area contributed by atoms with Gasteiger partial charge in [0.2, 0.25) is 0 Å². The molecular formula is C12H11ClN2O4. The number of benzene rings is 1. The summed E-state index contributed by atoms with van der Waals surface area (Å²) in [5.74, 6) is -0.839. The lowest BCUT2D eigenvalue weighted by Crippen LogP contribution is -1.99. The number of ether oxygens (including phenoxy) is 1. The van der Waals surface area contributed by atoms with Crippen molar-refractivity contribution >= 4 is 17.6 Å². The maximum atomic E-state index is 10.9. The number of nitrogens with zero attached hydrogens (tertiary/aromatic N) is 2. The van der Waals surface area contributed by atoms with Crippen LogP contribution in [0.1, 0.15) is 10.5 Å². The highest BCUT2D eigenvalue weighted by molar-refractivity contribution is 6.32. The molecule has 0 amide bonds. The molecule has 0 bridgehead atoms. The predicted octanol–water partition coefficient (Wildman–Crippen LogP) is 2.15. The summed E-state index contributed by atoms with van der Waals surface area (Å²) >= 11 is 5.89. The fourth-order valence-corrected chi connectivity index (χ4v) is 1.92. The van der Waals surface area contributed by atoms with Crippen molar-refractivity contribution in [3.63, 3.8) is 0 Å². The number of aromatic carboxylic acids is 1. The van der Waals surface area contributed by atoms with E-state index in [0.29, 0.717) is 17.0 Å². The number of methoxy groups -OCH3 is 1. The molecule has 0 atom stereocenters. The van der Waals surface area contributed by atoms with E-state index in [-0.39, 0.29) is 16.5 Å². The van der Waals surface area contributed by atoms with Gasteiger partial charge in [0.25, 0.3) is 0 Å². The van der Waals surface area contributed by atoms with Crippen LogP contribution in [0.4, 0.5) is 0 Å². The van der Waals surface area contributed by atoms with Crippen LogP contribution in [0.15, 0.2) is 18.2 Å². The molecule has 19 heavy (non-hydrogen) atoms. The average Bonchev–Trinajstić information content (AvgIpc) is 2.75. The Kier molecular flexibility index (Phi) is 3.35. The molecule has 1 aromatic carbocycles. The van der Waals surface area contributed by atoms with Crippen molar-refractivity contribution in [3.05, 3.63) is 28.9 Å². The average molecular weight is 283 g/mol. The fourth-order valence-electron chi connectivity index (χ4n) is 1.71. The van der Waals surface area contributed by atoms with Gasteiger partial charge in [-0.2, -0.15) is 5.10 Å². The lowest BCUT2D eigenvalue weighted by Gasteiger charge is -2.09. The van der Waals surface area contributed by atoms with E-state index in [2.05, 4.69) is 5.10 Å². The van der Waals surface area contributed by atoms with Crippen LogP contribution in [-0.2, 0) is 7.05 Å². The normalized spacial score (nSPS) is 10.5. The zero-order chi connectivity index (χ0) is 14.2. The van der Waals surface area contributed by atoms with Crippen LogP contribution < -0.4 is 4.74 Å². The molecule has 2 aromatic rings. The molecule has 2 rings (SSSR count). The lowest BCUT2D eigenvalue weighted by molar-refractivity contribution is 0.0689. The van der Waals surface area contributed by atoms with Gasteiger partial charge in [0, 0.05) is 18.7 Å². The smallest absolute Gasteiger partial charge is 0.356 e. The lowest BCUT2D eigenvalue weighted by atomic mass is 10.1. The van der Waals surface area contributed by atoms with Crippen molar-refractivity contribution in [3.8, 4) is 22.8 Å². The van der Waals surface area contributed by atoms with Crippen LogP contribution in [0.25, 0.3) is 11.3 Å². The van der Waals surface area contributed by atoms with Gasteiger partial charge in [0.15, 0.2) is 5.69 Å². The molecule has 1 heterocycles. The van der Waals surface area contributed by atoms with Crippen LogP contribution in [0.5, 0.6) is 11.5 Å². The molecule has 0 aliphatic rings. The first-order chi connectivity index (χ1) is 8.93. The number of rotatable bonds is 3. The van der Waals surface area contributed by atoms with Gasteiger partial charge in [-0.15, -0.1) is 0 Å². The molecule has 7 heteroatoms. The van der Waals surface area contributed by atoms with Gasteiger partial charge in [-0.3, -0.25) is 4.68 Å². The molecule has 0 fully saturated rings. The van der Waals surface area contributed by atoms with Crippen LogP contribution in [-0.4, -0.2) is 33.1 Å². The topological polar surface area (TPSA) is 84.6 Å². The Labute approximate surface area is 113 Å². The van der Waals surface area contributed by atoms with Gasteiger partial charge in [0.1, 0.15) is 11.5 Å². The zero-order valence-electron chi connectivity index (χ0n) is 10.2. The highest BCUT2D eigenvalue weighted by Gasteiger charge is 2.17. The van der Waals surface area contributed by atoms with E-state index in [9.17, 15) is 9.90 Å². The molecular weight excluding hydrogens is 272 g/mol. The second-order valence-corrected chi connectivity index (χ2v) is 4.26. The van der Waals surface area contributed by atoms with Crippen LogP contribution in [0.3, 0.4) is 0 Å². The van der Waals surface area contributed by atoms with Crippen LogP contribution in [0.2, 0.25) is 5.02 Å². The van der Waals surface area contributed by atoms with E-state index < -0.39 is 5.97 Å². The summed E-state index contributed by atoms with van der Waals surface area (Å²) in [5.41, 5.74) is 0.665. The van der Waals surface area contributed by atoms with Crippen LogP contribution >= 0.6 is 11.6 Å². The number of aromatic hydroxyl groups is 1. The minimum absolute atomic E-state index is 0.115. The summed E-state index contributed by atoms with van der Waals surface area (Å²) < 4.78 is 6.42. The van der Waals surface area contributed by atoms with E-state index in [4.69, 9.17) is 21.4 Å². The Hall–Kier alpha value is -2.21. The number of aromatic nitrogens is 2. The van der Waals surface area contributed by atoms with Crippen LogP contribution in [0, 0.1) is 0 Å². The van der Waals surface area contributed by atoms with E-state index in [1.807, 2.05) is 0 Å². The molecule has 2 N–H and O–H groups in total. The zero-order valence-corrected chi connectivity index (χ0v) is 11.0. The standard InChI is InChI=1S/C12H11ClN2O4/c1-15-10(5-9(14-15)12(17)18)7-3-6(19-2)4-8(13)11(7)16/h3-5,16H,1-2H3,(H,17,18). The molecule has 0 radical (unpaired) electrons. The quantitative estimate of drug-likeness (QED) is 0.901. The Bertz CT molecular complexity index is 651. The summed E-state index contributed by atoms with van der Waals surface area (Å²) in [6.45, 7) is 0. The first kappa shape index (κ1) is 13.2. The third kappa shape index (κ3) is 2.34. The molecule has 0 saturated heterocycles. The second-order valence-electron chi connectivity index (χ2n) is 3.85. The van der Waals surface area contributed by atoms with Gasteiger partial charge < -0.3 is 14.9 Å². The monoisotopic (exact) mass is 282 g/mol. The molecule has 0 aliphatic heterocycles. The number of aryl methyl sites for hydroxylation is 1. The van der Waals surface area contributed by atoms with Gasteiger partial charge in [-0.05, 0) is 12.1 Å². The Morgan fingerprint density at radius 1 is 1.42 bits per heavy atom. The van der Waals surface area contributed by atoms with E-state index in [0.717, 1.165) is 0 Å². The third-order valence-corrected chi connectivity index (χ3v) is 2.94. The SMILES string of the molecule is COc1cc(Cl)c(O)c(-c2cc(C(=O)O)nn2C)c1. The minimum Gasteiger partial charge on any atom is -0.506 e. The number of halogens is 1. The number of carboxylic acid groups (broad SMARTS) is 1. The number of carboxylic acids is 1. The summed E-state index contributed by atoms with van der Waals surface area (Å²) in [4.78, 5) is 10.9. The van der Waals surface area contributed by atoms with Crippen molar-refractivity contribution in [1.29, 1.82) is 0 Å². The second kappa shape index (κ2) is 4.81. The number of hydrogen-bond acceptors (Lipinski definition) is 4. The number of hydrogen-bond donors (Lipinski definition) is 2. The summed E-state index contributed by atoms with van der Waals surface area (Å²) in [7, 11) is 3.05. The van der Waals surface area contributed by atoms with Crippen molar-refractivity contribution in [2.24, 2.45) is 7.05 Å². The number of phenolic OH excluding ortho intramolecular Hbond substituents is 1. The highest BCUT2D eigenvalue weighted by Crippen LogP contribution is 2.38. The predicted molar refractivity (Wildman–Crippen MR) is 68.8 cm³/mol. The van der Waals surface area contributed by atoms with E-state index >= 15 is 0 Å². The molecule has 0 spiro atoms. The summed E-state index contributed by atoms with van der Waals surface area (Å²) in [5, 5.41) is 22.8. The highest BCUT2D eigenvalue weighted by atomic mass is 35.5. The van der Waals surface area contributed by atoms with E-state index in [1.54, 1.807) is 13.1 Å². The van der Waals surface area contributed by atoms with Crippen molar-refractivity contribution in [2.45, 2.75) is 0 Å². The molecule has 0 saturated carbocycles. The Morgan fingerprint density at radius 2 is 2.11 bits per heavy atom. The van der Waals surface area contributed by atoms with Gasteiger partial charge in [0.05, 0.1) is 17.8 Å².